The number of carbonyl (C=O) groups is 1. The van der Waals surface area contributed by atoms with Crippen LogP contribution in [-0.4, -0.2) is 27.8 Å². The number of rotatable bonds is 0. The first-order valence-electron chi connectivity index (χ1n) is 12.8. The molecule has 6 atom stereocenters. The molecule has 2 aliphatic heterocycles. The lowest BCUT2D eigenvalue weighted by atomic mass is 9.44. The summed E-state index contributed by atoms with van der Waals surface area (Å²) < 4.78 is 15.6. The van der Waals surface area contributed by atoms with Gasteiger partial charge in [0.1, 0.15) is 5.60 Å². The molecule has 0 aromatic carbocycles. The van der Waals surface area contributed by atoms with E-state index < -0.39 is 17.5 Å². The van der Waals surface area contributed by atoms with Gasteiger partial charge >= 0.3 is 0 Å². The first kappa shape index (κ1) is 20.5. The Hall–Kier alpha value is -1.91. The average Bonchev–Trinajstić information content (AvgIpc) is 3.18. The first-order chi connectivity index (χ1) is 15.6. The van der Waals surface area contributed by atoms with E-state index in [0.717, 1.165) is 31.3 Å². The van der Waals surface area contributed by atoms with E-state index in [0.29, 0.717) is 11.8 Å². The maximum absolute atomic E-state index is 13.1. The summed E-state index contributed by atoms with van der Waals surface area (Å²) in [6.07, 6.45) is 17.0. The van der Waals surface area contributed by atoms with E-state index in [2.05, 4.69) is 49.8 Å². The lowest BCUT2D eigenvalue weighted by Gasteiger charge is -2.62. The highest BCUT2D eigenvalue weighted by Gasteiger charge is 2.70. The maximum Gasteiger partial charge on any atom is 0.193 e. The summed E-state index contributed by atoms with van der Waals surface area (Å²) in [4.78, 5) is 13.1. The molecule has 1 aromatic rings. The first-order valence-corrected chi connectivity index (χ1v) is 12.8. The highest BCUT2D eigenvalue weighted by molar-refractivity contribution is 5.97. The number of nitrogens with zero attached hydrogens (tertiary/aromatic N) is 1. The second kappa shape index (κ2) is 6.01. The molecule has 2 saturated carbocycles. The Balaban J connectivity index is 1.42. The van der Waals surface area contributed by atoms with E-state index in [1.165, 1.54) is 29.1 Å². The van der Waals surface area contributed by atoms with Crippen molar-refractivity contribution < 1.29 is 14.3 Å². The fourth-order valence-corrected chi connectivity index (χ4v) is 9.01. The van der Waals surface area contributed by atoms with Crippen molar-refractivity contribution in [1.82, 2.24) is 4.57 Å². The van der Waals surface area contributed by atoms with Crippen LogP contribution in [0.15, 0.2) is 23.8 Å². The van der Waals surface area contributed by atoms with Crippen molar-refractivity contribution in [3.05, 3.63) is 45.6 Å². The lowest BCUT2D eigenvalue weighted by molar-refractivity contribution is -0.205. The Bertz CT molecular complexity index is 1290. The number of hydrogen-bond acceptors (Lipinski definition) is 3. The molecule has 4 aliphatic carbocycles. The fourth-order valence-electron chi connectivity index (χ4n) is 9.01. The smallest absolute Gasteiger partial charge is 0.193 e. The van der Waals surface area contributed by atoms with Crippen molar-refractivity contribution in [3.63, 3.8) is 0 Å². The summed E-state index contributed by atoms with van der Waals surface area (Å²) in [5, 5.41) is 2.81. The van der Waals surface area contributed by atoms with Gasteiger partial charge in [0.2, 0.25) is 0 Å². The van der Waals surface area contributed by atoms with Crippen molar-refractivity contribution in [2.75, 3.05) is 0 Å². The molecule has 0 amide bonds. The zero-order chi connectivity index (χ0) is 23.0. The van der Waals surface area contributed by atoms with Crippen LogP contribution in [0.4, 0.5) is 0 Å². The number of ether oxygens (including phenoxy) is 2. The second-order valence-corrected chi connectivity index (χ2v) is 12.3. The molecule has 6 aliphatic rings. The standard InChI is InChI=1S/C29H35NO3/c1-26(2)25-23(31)16-21-20-12-11-17-15-19-18-9-7-6-8-10-22(18)30(5)24(19)28(17,4)27(20,3)13-14-29(21,32-25)33-26/h6-7,9-10,16-17,20,25H,8,11-15H2,1-5H3/t17?,20?,25?,27?,28-,29?/m1/s1. The molecule has 1 aromatic heterocycles. The van der Waals surface area contributed by atoms with E-state index in [-0.39, 0.29) is 16.6 Å². The third kappa shape index (κ3) is 2.19. The molecule has 2 bridgehead atoms. The monoisotopic (exact) mass is 445 g/mol. The molecular weight excluding hydrogens is 410 g/mol. The molecule has 174 valence electrons. The van der Waals surface area contributed by atoms with Crippen LogP contribution in [0.1, 0.15) is 71.1 Å². The normalized spacial score (nSPS) is 43.8. The molecule has 1 saturated heterocycles. The van der Waals surface area contributed by atoms with E-state index in [1.54, 1.807) is 5.56 Å². The third-order valence-corrected chi connectivity index (χ3v) is 10.7. The van der Waals surface area contributed by atoms with Gasteiger partial charge in [-0.3, -0.25) is 4.79 Å². The topological polar surface area (TPSA) is 40.5 Å². The number of allylic oxidation sites excluding steroid dienone is 2. The number of fused-ring (bicyclic) bond motifs is 9. The molecule has 7 rings (SSSR count). The van der Waals surface area contributed by atoms with Crippen LogP contribution < -0.4 is 10.6 Å². The summed E-state index contributed by atoms with van der Waals surface area (Å²) in [5.41, 5.74) is 3.79. The van der Waals surface area contributed by atoms with Crippen LogP contribution in [0.25, 0.3) is 12.2 Å². The van der Waals surface area contributed by atoms with Gasteiger partial charge < -0.3 is 14.0 Å². The maximum atomic E-state index is 13.1. The molecule has 0 N–H and O–H groups in total. The molecular formula is C29H35NO3. The lowest BCUT2D eigenvalue weighted by Crippen LogP contribution is -2.60. The summed E-state index contributed by atoms with van der Waals surface area (Å²) in [6.45, 7) is 9.07. The van der Waals surface area contributed by atoms with Gasteiger partial charge in [-0.05, 0) is 80.4 Å². The average molecular weight is 446 g/mol. The molecule has 3 heterocycles. The van der Waals surface area contributed by atoms with Crippen LogP contribution >= 0.6 is 0 Å². The Labute approximate surface area is 196 Å². The highest BCUT2D eigenvalue weighted by atomic mass is 16.8. The van der Waals surface area contributed by atoms with E-state index in [1.807, 2.05) is 19.9 Å². The minimum absolute atomic E-state index is 0.0609. The molecule has 33 heavy (non-hydrogen) atoms. The summed E-state index contributed by atoms with van der Waals surface area (Å²) >= 11 is 0. The van der Waals surface area contributed by atoms with E-state index in [9.17, 15) is 4.79 Å². The van der Waals surface area contributed by atoms with Gasteiger partial charge in [0.05, 0.1) is 0 Å². The fraction of sp³-hybridized carbons (Fsp3) is 0.621. The molecule has 4 heteroatoms. The zero-order valence-corrected chi connectivity index (χ0v) is 20.5. The largest absolute Gasteiger partial charge is 0.347 e. The van der Waals surface area contributed by atoms with Gasteiger partial charge in [-0.2, -0.15) is 0 Å². The highest BCUT2D eigenvalue weighted by Crippen LogP contribution is 2.69. The van der Waals surface area contributed by atoms with E-state index in [4.69, 9.17) is 9.47 Å². The molecule has 1 spiro atoms. The van der Waals surface area contributed by atoms with Gasteiger partial charge in [-0.25, -0.2) is 0 Å². The zero-order valence-electron chi connectivity index (χ0n) is 20.5. The number of ketones is 1. The van der Waals surface area contributed by atoms with Gasteiger partial charge in [0.15, 0.2) is 17.7 Å². The molecule has 3 fully saturated rings. The van der Waals surface area contributed by atoms with Crippen molar-refractivity contribution in [3.8, 4) is 0 Å². The number of carbonyl (C=O) groups excluding carboxylic acids is 1. The minimum atomic E-state index is -0.700. The Morgan fingerprint density at radius 2 is 1.94 bits per heavy atom. The van der Waals surface area contributed by atoms with Crippen LogP contribution in [-0.2, 0) is 33.2 Å². The van der Waals surface area contributed by atoms with Crippen LogP contribution in [0, 0.1) is 17.3 Å². The molecule has 5 unspecified atom stereocenters. The summed E-state index contributed by atoms with van der Waals surface area (Å²) in [6, 6.07) is 0. The van der Waals surface area contributed by atoms with Gasteiger partial charge in [0, 0.05) is 35.1 Å². The van der Waals surface area contributed by atoms with Crippen molar-refractivity contribution >= 4 is 17.9 Å². The Morgan fingerprint density at radius 3 is 2.76 bits per heavy atom. The van der Waals surface area contributed by atoms with Crippen LogP contribution in [0.2, 0.25) is 0 Å². The van der Waals surface area contributed by atoms with Gasteiger partial charge in [-0.1, -0.05) is 38.2 Å². The van der Waals surface area contributed by atoms with Crippen molar-refractivity contribution in [2.24, 2.45) is 24.3 Å². The summed E-state index contributed by atoms with van der Waals surface area (Å²) in [5.74, 6) is 0.340. The predicted molar refractivity (Wildman–Crippen MR) is 128 cm³/mol. The number of hydrogen-bond donors (Lipinski definition) is 0. The Kier molecular flexibility index (Phi) is 3.73. The Morgan fingerprint density at radius 1 is 1.12 bits per heavy atom. The summed E-state index contributed by atoms with van der Waals surface area (Å²) in [7, 11) is 2.28. The molecule has 4 nitrogen and oxygen atoms in total. The van der Waals surface area contributed by atoms with Crippen LogP contribution in [0.3, 0.4) is 0 Å². The van der Waals surface area contributed by atoms with Crippen LogP contribution in [0.5, 0.6) is 0 Å². The quantitative estimate of drug-likeness (QED) is 0.613. The minimum Gasteiger partial charge on any atom is -0.347 e. The van der Waals surface area contributed by atoms with Gasteiger partial charge in [0.25, 0.3) is 0 Å². The number of aromatic nitrogens is 1. The van der Waals surface area contributed by atoms with Crippen molar-refractivity contribution in [2.45, 2.75) is 89.1 Å². The predicted octanol–water partition coefficient (Wildman–Crippen LogP) is 3.59. The third-order valence-electron chi connectivity index (χ3n) is 10.7. The van der Waals surface area contributed by atoms with E-state index >= 15 is 0 Å². The molecule has 0 radical (unpaired) electrons. The van der Waals surface area contributed by atoms with Gasteiger partial charge in [-0.15, -0.1) is 0 Å². The van der Waals surface area contributed by atoms with Crippen molar-refractivity contribution in [1.29, 1.82) is 0 Å². The SMILES string of the molecule is Cn1c2c(c3c1=CCC=CC=3)CC1CCC3C4=CC(=O)C5OC4(CCC3(C)[C@@]21C)OC5(C)C. The second-order valence-electron chi connectivity index (χ2n) is 12.3.